The van der Waals surface area contributed by atoms with Crippen LogP contribution >= 0.6 is 11.8 Å². The summed E-state index contributed by atoms with van der Waals surface area (Å²) in [5.41, 5.74) is 5.54. The SMILES string of the molecule is NC(=O)CCCCCn1c(SCC(=O)N[C@@H]2CCS(=O)(=O)C2)nc2ccccc2c1=O. The maximum absolute atomic E-state index is 13.0. The van der Waals surface area contributed by atoms with Crippen LogP contribution in [0.3, 0.4) is 0 Å². The first-order valence-electron chi connectivity index (χ1n) is 10.2. The number of nitrogens with one attached hydrogen (secondary N) is 1. The first kappa shape index (κ1) is 23.3. The van der Waals surface area contributed by atoms with Crippen molar-refractivity contribution in [3.63, 3.8) is 0 Å². The molecule has 0 spiro atoms. The van der Waals surface area contributed by atoms with Crippen LogP contribution in [0.15, 0.2) is 34.2 Å². The van der Waals surface area contributed by atoms with Crippen molar-refractivity contribution in [3.8, 4) is 0 Å². The molecule has 1 fully saturated rings. The fraction of sp³-hybridized carbons (Fsp3) is 0.500. The van der Waals surface area contributed by atoms with Gasteiger partial charge in [-0.05, 0) is 31.4 Å². The first-order chi connectivity index (χ1) is 14.7. The van der Waals surface area contributed by atoms with E-state index in [1.807, 2.05) is 0 Å². The Labute approximate surface area is 184 Å². The third-order valence-corrected chi connectivity index (χ3v) is 7.81. The van der Waals surface area contributed by atoms with Crippen molar-refractivity contribution in [1.82, 2.24) is 14.9 Å². The van der Waals surface area contributed by atoms with Gasteiger partial charge in [-0.15, -0.1) is 0 Å². The lowest BCUT2D eigenvalue weighted by Gasteiger charge is -2.14. The lowest BCUT2D eigenvalue weighted by atomic mass is 10.2. The van der Waals surface area contributed by atoms with Crippen LogP contribution in [-0.4, -0.2) is 53.1 Å². The molecule has 1 aliphatic heterocycles. The second kappa shape index (κ2) is 10.3. The van der Waals surface area contributed by atoms with E-state index in [2.05, 4.69) is 10.3 Å². The molecule has 0 saturated carbocycles. The third kappa shape index (κ3) is 6.54. The number of nitrogens with zero attached hydrogens (tertiary/aromatic N) is 2. The van der Waals surface area contributed by atoms with Gasteiger partial charge in [0.15, 0.2) is 15.0 Å². The molecule has 0 bridgehead atoms. The molecule has 2 heterocycles. The zero-order valence-corrected chi connectivity index (χ0v) is 18.7. The highest BCUT2D eigenvalue weighted by atomic mass is 32.2. The standard InChI is InChI=1S/C20H26N4O5S2/c21-17(25)8-2-1-5-10-24-19(27)15-6-3-4-7-16(15)23-20(24)30-12-18(26)22-14-9-11-31(28,29)13-14/h3-4,6-7,14H,1-2,5,8-13H2,(H2,21,25)(H,22,26)/t14-/m1/s1. The van der Waals surface area contributed by atoms with E-state index >= 15 is 0 Å². The van der Waals surface area contributed by atoms with Crippen LogP contribution < -0.4 is 16.6 Å². The number of aromatic nitrogens is 2. The summed E-state index contributed by atoms with van der Waals surface area (Å²) in [4.78, 5) is 40.7. The van der Waals surface area contributed by atoms with Crippen molar-refractivity contribution in [3.05, 3.63) is 34.6 Å². The van der Waals surface area contributed by atoms with E-state index < -0.39 is 9.84 Å². The number of hydrogen-bond donors (Lipinski definition) is 2. The summed E-state index contributed by atoms with van der Waals surface area (Å²) in [5, 5.41) is 3.69. The highest BCUT2D eigenvalue weighted by molar-refractivity contribution is 7.99. The predicted octanol–water partition coefficient (Wildman–Crippen LogP) is 0.838. The number of nitrogens with two attached hydrogens (primary N) is 1. The largest absolute Gasteiger partial charge is 0.370 e. The van der Waals surface area contributed by atoms with Crippen molar-refractivity contribution >= 4 is 44.3 Å². The van der Waals surface area contributed by atoms with Gasteiger partial charge >= 0.3 is 0 Å². The number of para-hydroxylation sites is 1. The number of thioether (sulfide) groups is 1. The summed E-state index contributed by atoms with van der Waals surface area (Å²) in [7, 11) is -3.07. The third-order valence-electron chi connectivity index (χ3n) is 5.06. The minimum absolute atomic E-state index is 0.0308. The minimum atomic E-state index is -3.07. The molecule has 1 saturated heterocycles. The van der Waals surface area contributed by atoms with Gasteiger partial charge in [-0.3, -0.25) is 19.0 Å². The van der Waals surface area contributed by atoms with E-state index in [1.54, 1.807) is 28.8 Å². The van der Waals surface area contributed by atoms with E-state index in [4.69, 9.17) is 5.73 Å². The Morgan fingerprint density at radius 3 is 2.71 bits per heavy atom. The van der Waals surface area contributed by atoms with Crippen molar-refractivity contribution in [1.29, 1.82) is 0 Å². The monoisotopic (exact) mass is 466 g/mol. The number of fused-ring (bicyclic) bond motifs is 1. The molecule has 168 valence electrons. The summed E-state index contributed by atoms with van der Waals surface area (Å²) < 4.78 is 24.7. The maximum Gasteiger partial charge on any atom is 0.262 e. The number of hydrogen-bond acceptors (Lipinski definition) is 7. The molecule has 1 aromatic carbocycles. The molecule has 3 rings (SSSR count). The smallest absolute Gasteiger partial charge is 0.262 e. The van der Waals surface area contributed by atoms with Gasteiger partial charge in [-0.2, -0.15) is 0 Å². The zero-order valence-electron chi connectivity index (χ0n) is 17.1. The molecular weight excluding hydrogens is 440 g/mol. The fourth-order valence-corrected chi connectivity index (χ4v) is 6.02. The maximum atomic E-state index is 13.0. The molecule has 1 atom stereocenters. The van der Waals surface area contributed by atoms with Crippen LogP contribution in [0.4, 0.5) is 0 Å². The molecule has 11 heteroatoms. The topological polar surface area (TPSA) is 141 Å². The summed E-state index contributed by atoms with van der Waals surface area (Å²) in [5.74, 6) is -0.548. The Hall–Kier alpha value is -2.40. The van der Waals surface area contributed by atoms with Crippen LogP contribution in [0.2, 0.25) is 0 Å². The van der Waals surface area contributed by atoms with Gasteiger partial charge in [-0.1, -0.05) is 30.3 Å². The van der Waals surface area contributed by atoms with Crippen LogP contribution in [0, 0.1) is 0 Å². The molecule has 1 aliphatic rings. The van der Waals surface area contributed by atoms with Crippen molar-refractivity contribution in [2.24, 2.45) is 5.73 Å². The molecule has 3 N–H and O–H groups in total. The number of primary amides is 1. The summed E-state index contributed by atoms with van der Waals surface area (Å²) in [6.45, 7) is 0.417. The van der Waals surface area contributed by atoms with E-state index in [0.717, 1.165) is 18.2 Å². The van der Waals surface area contributed by atoms with Crippen molar-refractivity contribution < 1.29 is 18.0 Å². The van der Waals surface area contributed by atoms with Gasteiger partial charge in [0.25, 0.3) is 5.56 Å². The van der Waals surface area contributed by atoms with E-state index in [1.165, 1.54) is 0 Å². The molecule has 0 aliphatic carbocycles. The second-order valence-corrected chi connectivity index (χ2v) is 10.8. The van der Waals surface area contributed by atoms with Gasteiger partial charge in [0.1, 0.15) is 0 Å². The van der Waals surface area contributed by atoms with Gasteiger partial charge in [0.05, 0.1) is 28.2 Å². The minimum Gasteiger partial charge on any atom is -0.370 e. The molecule has 1 aromatic heterocycles. The fourth-order valence-electron chi connectivity index (χ4n) is 3.51. The molecular formula is C20H26N4O5S2. The Morgan fingerprint density at radius 1 is 1.23 bits per heavy atom. The number of amides is 2. The average molecular weight is 467 g/mol. The highest BCUT2D eigenvalue weighted by Gasteiger charge is 2.28. The molecule has 9 nitrogen and oxygen atoms in total. The second-order valence-electron chi connectivity index (χ2n) is 7.60. The number of carbonyl (C=O) groups excluding carboxylic acids is 2. The Bertz CT molecular complexity index is 1130. The average Bonchev–Trinajstić information content (AvgIpc) is 3.05. The number of benzene rings is 1. The summed E-state index contributed by atoms with van der Waals surface area (Å²) in [6, 6.07) is 6.68. The Kier molecular flexibility index (Phi) is 7.71. The molecule has 2 aromatic rings. The van der Waals surface area contributed by atoms with Crippen molar-refractivity contribution in [2.45, 2.75) is 49.8 Å². The van der Waals surface area contributed by atoms with Gasteiger partial charge < -0.3 is 11.1 Å². The normalized spacial score (nSPS) is 17.6. The van der Waals surface area contributed by atoms with E-state index in [9.17, 15) is 22.8 Å². The van der Waals surface area contributed by atoms with E-state index in [0.29, 0.717) is 48.3 Å². The van der Waals surface area contributed by atoms with Crippen molar-refractivity contribution in [2.75, 3.05) is 17.3 Å². The Balaban J connectivity index is 1.69. The number of carbonyl (C=O) groups is 2. The number of unbranched alkanes of at least 4 members (excludes halogenated alkanes) is 2. The van der Waals surface area contributed by atoms with E-state index in [-0.39, 0.29) is 40.7 Å². The van der Waals surface area contributed by atoms with Crippen LogP contribution in [-0.2, 0) is 26.0 Å². The summed E-state index contributed by atoms with van der Waals surface area (Å²) in [6.07, 6.45) is 2.79. The van der Waals surface area contributed by atoms with Crippen LogP contribution in [0.25, 0.3) is 10.9 Å². The lowest BCUT2D eigenvalue weighted by Crippen LogP contribution is -2.36. The molecule has 0 radical (unpaired) electrons. The first-order valence-corrected chi connectivity index (χ1v) is 13.0. The predicted molar refractivity (Wildman–Crippen MR) is 120 cm³/mol. The van der Waals surface area contributed by atoms with Gasteiger partial charge in [0.2, 0.25) is 11.8 Å². The summed E-state index contributed by atoms with van der Waals surface area (Å²) >= 11 is 1.15. The van der Waals surface area contributed by atoms with Gasteiger partial charge in [-0.25, -0.2) is 13.4 Å². The van der Waals surface area contributed by atoms with Crippen LogP contribution in [0.1, 0.15) is 32.1 Å². The quantitative estimate of drug-likeness (QED) is 0.300. The molecule has 2 amide bonds. The lowest BCUT2D eigenvalue weighted by molar-refractivity contribution is -0.119. The van der Waals surface area contributed by atoms with Gasteiger partial charge in [0, 0.05) is 19.0 Å². The Morgan fingerprint density at radius 2 is 2.00 bits per heavy atom. The highest BCUT2D eigenvalue weighted by Crippen LogP contribution is 2.19. The molecule has 31 heavy (non-hydrogen) atoms. The number of sulfone groups is 1. The zero-order chi connectivity index (χ0) is 22.4. The number of rotatable bonds is 10. The van der Waals surface area contributed by atoms with Crippen LogP contribution in [0.5, 0.6) is 0 Å². The molecule has 0 unspecified atom stereocenters.